The van der Waals surface area contributed by atoms with Crippen LogP contribution in [0.4, 0.5) is 5.00 Å². The van der Waals surface area contributed by atoms with E-state index in [4.69, 9.17) is 14.2 Å². The molecular weight excluding hydrogens is 448 g/mol. The lowest BCUT2D eigenvalue weighted by atomic mass is 10.0. The Morgan fingerprint density at radius 2 is 1.88 bits per heavy atom. The van der Waals surface area contributed by atoms with Crippen LogP contribution in [0.15, 0.2) is 29.6 Å². The van der Waals surface area contributed by atoms with E-state index in [2.05, 4.69) is 10.6 Å². The first-order valence-corrected chi connectivity index (χ1v) is 11.3. The predicted octanol–water partition coefficient (Wildman–Crippen LogP) is 3.04. The van der Waals surface area contributed by atoms with Crippen LogP contribution in [0.3, 0.4) is 0 Å². The molecule has 0 radical (unpaired) electrons. The van der Waals surface area contributed by atoms with Gasteiger partial charge in [-0.25, -0.2) is 4.79 Å². The number of carbonyl (C=O) groups excluding carboxylic acids is 4. The molecule has 33 heavy (non-hydrogen) atoms. The van der Waals surface area contributed by atoms with Crippen molar-refractivity contribution in [3.63, 3.8) is 0 Å². The highest BCUT2D eigenvalue weighted by atomic mass is 32.1. The van der Waals surface area contributed by atoms with Gasteiger partial charge in [-0.15, -0.1) is 11.3 Å². The standard InChI is InChI=1S/C23H28N2O7S/c1-5-31-23(29)20-16(9-14(2)3)13-33-22(20)25-18(26)12-32-19(27)11-24-21(28)15-7-6-8-17(10-15)30-4/h6-8,10,13-14H,5,9,11-12H2,1-4H3,(H,24,28)(H,25,26). The number of hydrogen-bond donors (Lipinski definition) is 2. The molecule has 1 aromatic heterocycles. The second-order valence-electron chi connectivity index (χ2n) is 7.41. The van der Waals surface area contributed by atoms with E-state index < -0.39 is 36.9 Å². The molecule has 0 aliphatic rings. The number of amides is 2. The fourth-order valence-electron chi connectivity index (χ4n) is 2.88. The molecule has 2 amide bonds. The van der Waals surface area contributed by atoms with Crippen molar-refractivity contribution >= 4 is 40.1 Å². The summed E-state index contributed by atoms with van der Waals surface area (Å²) >= 11 is 1.21. The Bertz CT molecular complexity index is 1000. The lowest BCUT2D eigenvalue weighted by Crippen LogP contribution is -2.32. The molecule has 2 aromatic rings. The maximum atomic E-state index is 12.4. The average molecular weight is 477 g/mol. The van der Waals surface area contributed by atoms with Gasteiger partial charge in [-0.05, 0) is 48.4 Å². The number of anilines is 1. The summed E-state index contributed by atoms with van der Waals surface area (Å²) in [5.74, 6) is -1.56. The van der Waals surface area contributed by atoms with Crippen molar-refractivity contribution in [2.45, 2.75) is 27.2 Å². The smallest absolute Gasteiger partial charge is 0.341 e. The number of hydrogen-bond acceptors (Lipinski definition) is 8. The molecule has 10 heteroatoms. The number of thiophene rings is 1. The van der Waals surface area contributed by atoms with Crippen LogP contribution in [-0.2, 0) is 25.5 Å². The van der Waals surface area contributed by atoms with Gasteiger partial charge in [0.25, 0.3) is 11.8 Å². The molecule has 0 spiro atoms. The summed E-state index contributed by atoms with van der Waals surface area (Å²) in [5, 5.41) is 7.18. The Morgan fingerprint density at radius 3 is 2.55 bits per heavy atom. The highest BCUT2D eigenvalue weighted by Crippen LogP contribution is 2.31. The summed E-state index contributed by atoms with van der Waals surface area (Å²) in [6.07, 6.45) is 0.655. The first-order chi connectivity index (χ1) is 15.7. The summed E-state index contributed by atoms with van der Waals surface area (Å²) in [6.45, 7) is 5.00. The molecule has 1 heterocycles. The summed E-state index contributed by atoms with van der Waals surface area (Å²) in [7, 11) is 1.48. The molecule has 0 atom stereocenters. The Labute approximate surface area is 196 Å². The van der Waals surface area contributed by atoms with Crippen molar-refractivity contribution in [3.05, 3.63) is 46.3 Å². The van der Waals surface area contributed by atoms with Gasteiger partial charge in [0, 0.05) is 5.56 Å². The molecule has 1 aromatic carbocycles. The molecule has 2 rings (SSSR count). The van der Waals surface area contributed by atoms with Gasteiger partial charge in [0.15, 0.2) is 6.61 Å². The molecule has 0 unspecified atom stereocenters. The Balaban J connectivity index is 1.89. The van der Waals surface area contributed by atoms with Crippen LogP contribution in [0.2, 0.25) is 0 Å². The fraction of sp³-hybridized carbons (Fsp3) is 0.391. The average Bonchev–Trinajstić information content (AvgIpc) is 3.17. The van der Waals surface area contributed by atoms with Crippen molar-refractivity contribution in [1.82, 2.24) is 5.32 Å². The quantitative estimate of drug-likeness (QED) is 0.478. The first kappa shape index (κ1) is 25.9. The molecule has 178 valence electrons. The monoisotopic (exact) mass is 476 g/mol. The molecule has 9 nitrogen and oxygen atoms in total. The zero-order chi connectivity index (χ0) is 24.4. The van der Waals surface area contributed by atoms with Crippen LogP contribution in [0.5, 0.6) is 5.75 Å². The van der Waals surface area contributed by atoms with Crippen molar-refractivity contribution in [1.29, 1.82) is 0 Å². The highest BCUT2D eigenvalue weighted by molar-refractivity contribution is 7.15. The van der Waals surface area contributed by atoms with Crippen LogP contribution in [0.25, 0.3) is 0 Å². The maximum Gasteiger partial charge on any atom is 0.341 e. The molecule has 2 N–H and O–H groups in total. The molecular formula is C23H28N2O7S. The third-order valence-electron chi connectivity index (χ3n) is 4.32. The van der Waals surface area contributed by atoms with E-state index in [1.807, 2.05) is 19.2 Å². The Kier molecular flexibility index (Phi) is 9.86. The van der Waals surface area contributed by atoms with Crippen LogP contribution >= 0.6 is 11.3 Å². The first-order valence-electron chi connectivity index (χ1n) is 10.4. The van der Waals surface area contributed by atoms with E-state index in [-0.39, 0.29) is 6.61 Å². The number of esters is 2. The molecule has 0 fully saturated rings. The Morgan fingerprint density at radius 1 is 1.12 bits per heavy atom. The van der Waals surface area contributed by atoms with E-state index in [9.17, 15) is 19.2 Å². The number of rotatable bonds is 11. The molecule has 0 aliphatic carbocycles. The van der Waals surface area contributed by atoms with E-state index in [0.29, 0.717) is 34.2 Å². The lowest BCUT2D eigenvalue weighted by Gasteiger charge is -2.10. The lowest BCUT2D eigenvalue weighted by molar-refractivity contribution is -0.146. The molecule has 0 bridgehead atoms. The summed E-state index contributed by atoms with van der Waals surface area (Å²) in [6, 6.07) is 6.45. The largest absolute Gasteiger partial charge is 0.497 e. The second kappa shape index (κ2) is 12.6. The topological polar surface area (TPSA) is 120 Å². The van der Waals surface area contributed by atoms with Crippen molar-refractivity contribution in [2.75, 3.05) is 32.2 Å². The van der Waals surface area contributed by atoms with Crippen LogP contribution in [0, 0.1) is 5.92 Å². The third kappa shape index (κ3) is 7.90. The van der Waals surface area contributed by atoms with Gasteiger partial charge in [-0.3, -0.25) is 14.4 Å². The van der Waals surface area contributed by atoms with Gasteiger partial charge in [0.1, 0.15) is 17.3 Å². The zero-order valence-electron chi connectivity index (χ0n) is 19.1. The number of nitrogens with one attached hydrogen (secondary N) is 2. The second-order valence-corrected chi connectivity index (χ2v) is 8.29. The molecule has 0 saturated heterocycles. The van der Waals surface area contributed by atoms with E-state index in [1.54, 1.807) is 25.1 Å². The fourth-order valence-corrected chi connectivity index (χ4v) is 3.86. The number of ether oxygens (including phenoxy) is 3. The Hall–Kier alpha value is -3.40. The van der Waals surface area contributed by atoms with E-state index in [1.165, 1.54) is 24.5 Å². The van der Waals surface area contributed by atoms with Crippen molar-refractivity contribution in [2.24, 2.45) is 5.92 Å². The van der Waals surface area contributed by atoms with Gasteiger partial charge in [-0.1, -0.05) is 19.9 Å². The van der Waals surface area contributed by atoms with Crippen molar-refractivity contribution in [3.8, 4) is 5.75 Å². The van der Waals surface area contributed by atoms with E-state index in [0.717, 1.165) is 5.56 Å². The minimum atomic E-state index is -0.779. The number of carbonyl (C=O) groups is 4. The molecule has 0 saturated carbocycles. The highest BCUT2D eigenvalue weighted by Gasteiger charge is 2.22. The van der Waals surface area contributed by atoms with Gasteiger partial charge in [0.2, 0.25) is 0 Å². The van der Waals surface area contributed by atoms with Gasteiger partial charge < -0.3 is 24.8 Å². The zero-order valence-corrected chi connectivity index (χ0v) is 19.9. The van der Waals surface area contributed by atoms with Gasteiger partial charge >= 0.3 is 11.9 Å². The summed E-state index contributed by atoms with van der Waals surface area (Å²) in [5.41, 5.74) is 1.43. The number of methoxy groups -OCH3 is 1. The van der Waals surface area contributed by atoms with Crippen LogP contribution in [0.1, 0.15) is 47.1 Å². The SMILES string of the molecule is CCOC(=O)c1c(CC(C)C)csc1NC(=O)COC(=O)CNC(=O)c1cccc(OC)c1. The molecule has 0 aliphatic heterocycles. The maximum absolute atomic E-state index is 12.4. The number of benzene rings is 1. The minimum Gasteiger partial charge on any atom is -0.497 e. The van der Waals surface area contributed by atoms with E-state index >= 15 is 0 Å². The van der Waals surface area contributed by atoms with Crippen LogP contribution in [-0.4, -0.2) is 50.6 Å². The van der Waals surface area contributed by atoms with Gasteiger partial charge in [0.05, 0.1) is 19.3 Å². The predicted molar refractivity (Wildman–Crippen MR) is 124 cm³/mol. The van der Waals surface area contributed by atoms with Crippen LogP contribution < -0.4 is 15.4 Å². The third-order valence-corrected chi connectivity index (χ3v) is 5.26. The summed E-state index contributed by atoms with van der Waals surface area (Å²) in [4.78, 5) is 48.7. The van der Waals surface area contributed by atoms with Gasteiger partial charge in [-0.2, -0.15) is 0 Å². The summed E-state index contributed by atoms with van der Waals surface area (Å²) < 4.78 is 15.1. The van der Waals surface area contributed by atoms with Crippen molar-refractivity contribution < 1.29 is 33.4 Å². The normalized spacial score (nSPS) is 10.5. The minimum absolute atomic E-state index is 0.211.